The normalized spacial score (nSPS) is 21.6. The fourth-order valence-electron chi connectivity index (χ4n) is 2.20. The highest BCUT2D eigenvalue weighted by Gasteiger charge is 2.19. The molecule has 94 valence electrons. The van der Waals surface area contributed by atoms with Gasteiger partial charge in [0.1, 0.15) is 4.88 Å². The zero-order valence-corrected chi connectivity index (χ0v) is 10.7. The van der Waals surface area contributed by atoms with Gasteiger partial charge in [-0.1, -0.05) is 0 Å². The highest BCUT2D eigenvalue weighted by atomic mass is 32.1. The van der Waals surface area contributed by atoms with E-state index in [1.807, 2.05) is 6.92 Å². The second-order valence-corrected chi connectivity index (χ2v) is 5.78. The lowest BCUT2D eigenvalue weighted by Gasteiger charge is -2.29. The van der Waals surface area contributed by atoms with Crippen LogP contribution in [-0.4, -0.2) is 40.3 Å². The van der Waals surface area contributed by atoms with Gasteiger partial charge in [-0.25, -0.2) is 4.79 Å². The minimum Gasteiger partial charge on any atom is -0.477 e. The Morgan fingerprint density at radius 1 is 1.65 bits per heavy atom. The van der Waals surface area contributed by atoms with Crippen LogP contribution in [-0.2, 0) is 6.54 Å². The molecule has 5 heteroatoms. The zero-order chi connectivity index (χ0) is 12.4. The van der Waals surface area contributed by atoms with Crippen LogP contribution in [0.4, 0.5) is 0 Å². The maximum atomic E-state index is 10.9. The molecule has 1 aliphatic rings. The fourth-order valence-corrected chi connectivity index (χ4v) is 3.07. The molecule has 2 heterocycles. The van der Waals surface area contributed by atoms with E-state index in [9.17, 15) is 9.90 Å². The minimum absolute atomic E-state index is 0.235. The standard InChI is InChI=1S/C12H17NO3S/c1-8-9(5-11(17-8)12(15)16)6-13-4-2-3-10(14)7-13/h5,10,14H,2-4,6-7H2,1H3,(H,15,16). The lowest BCUT2D eigenvalue weighted by Crippen LogP contribution is -2.37. The van der Waals surface area contributed by atoms with Crippen LogP contribution in [0.25, 0.3) is 0 Å². The van der Waals surface area contributed by atoms with Gasteiger partial charge in [-0.15, -0.1) is 11.3 Å². The third-order valence-corrected chi connectivity index (χ3v) is 4.19. The number of rotatable bonds is 3. The number of β-amino-alcohol motifs (C(OH)–C–C–N with tert-alkyl or cyclic N) is 1. The Bertz CT molecular complexity index is 416. The largest absolute Gasteiger partial charge is 0.477 e. The van der Waals surface area contributed by atoms with Crippen LogP contribution in [0.3, 0.4) is 0 Å². The summed E-state index contributed by atoms with van der Waals surface area (Å²) in [5.74, 6) is -0.858. The second-order valence-electron chi connectivity index (χ2n) is 4.53. The van der Waals surface area contributed by atoms with E-state index in [4.69, 9.17) is 5.11 Å². The molecule has 0 saturated carbocycles. The Morgan fingerprint density at radius 2 is 2.41 bits per heavy atom. The molecule has 1 unspecified atom stereocenters. The summed E-state index contributed by atoms with van der Waals surface area (Å²) in [6.45, 7) is 4.37. The first-order chi connectivity index (χ1) is 8.06. The Kier molecular flexibility index (Phi) is 3.81. The maximum Gasteiger partial charge on any atom is 0.345 e. The van der Waals surface area contributed by atoms with Gasteiger partial charge >= 0.3 is 5.97 Å². The van der Waals surface area contributed by atoms with Gasteiger partial charge < -0.3 is 10.2 Å². The van der Waals surface area contributed by atoms with E-state index in [1.165, 1.54) is 11.3 Å². The van der Waals surface area contributed by atoms with Gasteiger partial charge in [-0.05, 0) is 37.9 Å². The van der Waals surface area contributed by atoms with Crippen molar-refractivity contribution >= 4 is 17.3 Å². The number of aliphatic hydroxyl groups is 1. The summed E-state index contributed by atoms with van der Waals surface area (Å²) in [4.78, 5) is 14.5. The number of nitrogens with zero attached hydrogens (tertiary/aromatic N) is 1. The fraction of sp³-hybridized carbons (Fsp3) is 0.583. The van der Waals surface area contributed by atoms with Crippen molar-refractivity contribution in [2.45, 2.75) is 32.4 Å². The van der Waals surface area contributed by atoms with E-state index in [2.05, 4.69) is 4.90 Å². The number of carboxylic acids is 1. The molecular formula is C12H17NO3S. The molecule has 2 rings (SSSR count). The Hall–Kier alpha value is -0.910. The SMILES string of the molecule is Cc1sc(C(=O)O)cc1CN1CCCC(O)C1. The quantitative estimate of drug-likeness (QED) is 0.863. The molecule has 0 spiro atoms. The molecule has 1 saturated heterocycles. The summed E-state index contributed by atoms with van der Waals surface area (Å²) in [5.41, 5.74) is 1.07. The lowest BCUT2D eigenvalue weighted by atomic mass is 10.1. The van der Waals surface area contributed by atoms with Crippen LogP contribution in [0.1, 0.15) is 33.0 Å². The first-order valence-corrected chi connectivity index (χ1v) is 6.61. The van der Waals surface area contributed by atoms with Crippen molar-refractivity contribution in [1.82, 2.24) is 4.90 Å². The average Bonchev–Trinajstić information content (AvgIpc) is 2.61. The molecule has 0 bridgehead atoms. The van der Waals surface area contributed by atoms with Gasteiger partial charge in [-0.2, -0.15) is 0 Å². The number of hydrogen-bond donors (Lipinski definition) is 2. The van der Waals surface area contributed by atoms with Crippen LogP contribution >= 0.6 is 11.3 Å². The maximum absolute atomic E-state index is 10.9. The van der Waals surface area contributed by atoms with Crippen molar-refractivity contribution in [1.29, 1.82) is 0 Å². The first-order valence-electron chi connectivity index (χ1n) is 5.79. The third kappa shape index (κ3) is 3.06. The lowest BCUT2D eigenvalue weighted by molar-refractivity contribution is 0.0664. The summed E-state index contributed by atoms with van der Waals surface area (Å²) >= 11 is 1.32. The second kappa shape index (κ2) is 5.16. The molecule has 1 fully saturated rings. The summed E-state index contributed by atoms with van der Waals surface area (Å²) in [7, 11) is 0. The number of aliphatic hydroxyl groups excluding tert-OH is 1. The predicted molar refractivity (Wildman–Crippen MR) is 66.5 cm³/mol. The van der Waals surface area contributed by atoms with Crippen LogP contribution in [0.15, 0.2) is 6.07 Å². The van der Waals surface area contributed by atoms with Gasteiger partial charge in [0.15, 0.2) is 0 Å². The summed E-state index contributed by atoms with van der Waals surface area (Å²) < 4.78 is 0. The molecule has 1 atom stereocenters. The van der Waals surface area contributed by atoms with E-state index >= 15 is 0 Å². The van der Waals surface area contributed by atoms with Crippen molar-refractivity contribution in [3.63, 3.8) is 0 Å². The smallest absolute Gasteiger partial charge is 0.345 e. The molecule has 17 heavy (non-hydrogen) atoms. The van der Waals surface area contributed by atoms with Gasteiger partial charge in [0.25, 0.3) is 0 Å². The molecule has 0 aromatic carbocycles. The summed E-state index contributed by atoms with van der Waals surface area (Å²) in [6.07, 6.45) is 1.65. The van der Waals surface area contributed by atoms with Crippen molar-refractivity contribution < 1.29 is 15.0 Å². The van der Waals surface area contributed by atoms with E-state index in [1.54, 1.807) is 6.07 Å². The number of carboxylic acid groups (broad SMARTS) is 1. The monoisotopic (exact) mass is 255 g/mol. The summed E-state index contributed by atoms with van der Waals surface area (Å²) in [6, 6.07) is 1.75. The Morgan fingerprint density at radius 3 is 3.00 bits per heavy atom. The third-order valence-electron chi connectivity index (χ3n) is 3.11. The molecule has 1 aromatic rings. The number of hydrogen-bond acceptors (Lipinski definition) is 4. The highest BCUT2D eigenvalue weighted by molar-refractivity contribution is 7.14. The number of aryl methyl sites for hydroxylation is 1. The van der Waals surface area contributed by atoms with Crippen LogP contribution in [0.5, 0.6) is 0 Å². The molecule has 0 amide bonds. The zero-order valence-electron chi connectivity index (χ0n) is 9.85. The van der Waals surface area contributed by atoms with E-state index in [0.29, 0.717) is 11.4 Å². The van der Waals surface area contributed by atoms with Gasteiger partial charge in [0, 0.05) is 18.0 Å². The van der Waals surface area contributed by atoms with Gasteiger partial charge in [0.2, 0.25) is 0 Å². The predicted octanol–water partition coefficient (Wildman–Crippen LogP) is 1.71. The molecule has 4 nitrogen and oxygen atoms in total. The number of aromatic carboxylic acids is 1. The molecular weight excluding hydrogens is 238 g/mol. The van der Waals surface area contributed by atoms with Gasteiger partial charge in [0.05, 0.1) is 6.10 Å². The number of carbonyl (C=O) groups is 1. The van der Waals surface area contributed by atoms with Crippen LogP contribution < -0.4 is 0 Å². The number of likely N-dealkylation sites (tertiary alicyclic amines) is 1. The molecule has 0 aliphatic carbocycles. The van der Waals surface area contributed by atoms with Gasteiger partial charge in [-0.3, -0.25) is 4.90 Å². The first kappa shape index (κ1) is 12.5. The molecule has 1 aliphatic heterocycles. The van der Waals surface area contributed by atoms with Crippen LogP contribution in [0.2, 0.25) is 0 Å². The number of thiophene rings is 1. The van der Waals surface area contributed by atoms with E-state index in [0.717, 1.165) is 36.4 Å². The number of piperidine rings is 1. The minimum atomic E-state index is -0.858. The van der Waals surface area contributed by atoms with Crippen molar-refractivity contribution in [3.8, 4) is 0 Å². The average molecular weight is 255 g/mol. The molecule has 2 N–H and O–H groups in total. The topological polar surface area (TPSA) is 60.8 Å². The molecule has 1 aromatic heterocycles. The summed E-state index contributed by atoms with van der Waals surface area (Å²) in [5, 5.41) is 18.5. The highest BCUT2D eigenvalue weighted by Crippen LogP contribution is 2.24. The Balaban J connectivity index is 2.05. The molecule has 0 radical (unpaired) electrons. The van der Waals surface area contributed by atoms with Crippen LogP contribution in [0, 0.1) is 6.92 Å². The van der Waals surface area contributed by atoms with Crippen molar-refractivity contribution in [3.05, 3.63) is 21.4 Å². The van der Waals surface area contributed by atoms with Crippen molar-refractivity contribution in [2.24, 2.45) is 0 Å². The van der Waals surface area contributed by atoms with E-state index in [-0.39, 0.29) is 6.10 Å². The van der Waals surface area contributed by atoms with Crippen molar-refractivity contribution in [2.75, 3.05) is 13.1 Å². The van der Waals surface area contributed by atoms with E-state index < -0.39 is 5.97 Å². The Labute approximate surface area is 104 Å².